The number of nitrogens with one attached hydrogen (secondary N) is 1. The van der Waals surface area contributed by atoms with Gasteiger partial charge in [0, 0.05) is 5.69 Å². The molecule has 0 heterocycles. The Bertz CT molecular complexity index is 996. The molecule has 0 spiro atoms. The maximum absolute atomic E-state index is 12.4. The van der Waals surface area contributed by atoms with Gasteiger partial charge in [-0.1, -0.05) is 56.3 Å². The summed E-state index contributed by atoms with van der Waals surface area (Å²) in [6.45, 7) is 6.19. The van der Waals surface area contributed by atoms with E-state index >= 15 is 0 Å². The molecule has 1 atom stereocenters. The van der Waals surface area contributed by atoms with E-state index in [0.29, 0.717) is 29.5 Å². The first kappa shape index (κ1) is 22.1. The molecule has 0 aliphatic rings. The Hall–Kier alpha value is -3.60. The molecule has 0 radical (unpaired) electrons. The molecule has 0 aliphatic heterocycles. The molecule has 1 amide bonds. The summed E-state index contributed by atoms with van der Waals surface area (Å²) < 4.78 is 11.0. The molecule has 3 aromatic carbocycles. The Morgan fingerprint density at radius 3 is 2.10 bits per heavy atom. The molecule has 5 heteroatoms. The second kappa shape index (κ2) is 10.4. The van der Waals surface area contributed by atoms with E-state index in [0.717, 1.165) is 11.1 Å². The van der Waals surface area contributed by atoms with E-state index in [1.54, 1.807) is 43.3 Å². The monoisotopic (exact) mass is 417 g/mol. The van der Waals surface area contributed by atoms with Crippen molar-refractivity contribution in [1.82, 2.24) is 0 Å². The van der Waals surface area contributed by atoms with E-state index in [2.05, 4.69) is 19.2 Å². The van der Waals surface area contributed by atoms with Gasteiger partial charge in [-0.05, 0) is 60.4 Å². The van der Waals surface area contributed by atoms with Crippen molar-refractivity contribution >= 4 is 17.6 Å². The highest BCUT2D eigenvalue weighted by Crippen LogP contribution is 2.18. The second-order valence-electron chi connectivity index (χ2n) is 7.61. The topological polar surface area (TPSA) is 64.6 Å². The Labute approximate surface area is 183 Å². The second-order valence-corrected chi connectivity index (χ2v) is 7.61. The van der Waals surface area contributed by atoms with Gasteiger partial charge in [0.1, 0.15) is 12.4 Å². The van der Waals surface area contributed by atoms with Gasteiger partial charge < -0.3 is 14.8 Å². The van der Waals surface area contributed by atoms with E-state index in [4.69, 9.17) is 9.47 Å². The van der Waals surface area contributed by atoms with Crippen LogP contribution >= 0.6 is 0 Å². The van der Waals surface area contributed by atoms with Crippen LogP contribution in [0.25, 0.3) is 0 Å². The number of hydrogen-bond donors (Lipinski definition) is 1. The molecule has 0 aliphatic carbocycles. The van der Waals surface area contributed by atoms with Crippen molar-refractivity contribution in [3.63, 3.8) is 0 Å². The third-order valence-electron chi connectivity index (χ3n) is 4.84. The first-order chi connectivity index (χ1) is 14.9. The molecule has 0 unspecified atom stereocenters. The minimum absolute atomic E-state index is 0.380. The summed E-state index contributed by atoms with van der Waals surface area (Å²) in [6, 6.07) is 24.2. The summed E-state index contributed by atoms with van der Waals surface area (Å²) in [5.41, 5.74) is 3.23. The number of ether oxygens (including phenoxy) is 2. The molecule has 0 saturated carbocycles. The molecule has 3 aromatic rings. The minimum Gasteiger partial charge on any atom is -0.489 e. The quantitative estimate of drug-likeness (QED) is 0.487. The lowest BCUT2D eigenvalue weighted by Crippen LogP contribution is -2.30. The number of carbonyl (C=O) groups excluding carboxylic acids is 2. The molecular formula is C26H27NO4. The molecule has 31 heavy (non-hydrogen) atoms. The van der Waals surface area contributed by atoms with Gasteiger partial charge in [-0.25, -0.2) is 4.79 Å². The van der Waals surface area contributed by atoms with Crippen molar-refractivity contribution in [3.05, 3.63) is 95.6 Å². The fraction of sp³-hybridized carbons (Fsp3) is 0.231. The summed E-state index contributed by atoms with van der Waals surface area (Å²) in [4.78, 5) is 24.7. The zero-order valence-electron chi connectivity index (χ0n) is 18.0. The summed E-state index contributed by atoms with van der Waals surface area (Å²) in [7, 11) is 0. The summed E-state index contributed by atoms with van der Waals surface area (Å²) in [6.07, 6.45) is -0.925. The van der Waals surface area contributed by atoms with Crippen LogP contribution in [0.3, 0.4) is 0 Å². The number of amides is 1. The first-order valence-electron chi connectivity index (χ1n) is 10.3. The van der Waals surface area contributed by atoms with E-state index < -0.39 is 18.0 Å². The van der Waals surface area contributed by atoms with Crippen molar-refractivity contribution in [2.24, 2.45) is 0 Å². The van der Waals surface area contributed by atoms with Crippen LogP contribution in [-0.4, -0.2) is 18.0 Å². The predicted molar refractivity (Wildman–Crippen MR) is 121 cm³/mol. The van der Waals surface area contributed by atoms with E-state index in [9.17, 15) is 9.59 Å². The highest BCUT2D eigenvalue weighted by molar-refractivity contribution is 5.97. The largest absolute Gasteiger partial charge is 0.489 e. The average molecular weight is 418 g/mol. The van der Waals surface area contributed by atoms with Crippen LogP contribution in [0, 0.1) is 0 Å². The van der Waals surface area contributed by atoms with Crippen LogP contribution in [0.1, 0.15) is 48.2 Å². The third kappa shape index (κ3) is 6.44. The Kier molecular flexibility index (Phi) is 7.44. The molecular weight excluding hydrogens is 390 g/mol. The van der Waals surface area contributed by atoms with Crippen molar-refractivity contribution in [1.29, 1.82) is 0 Å². The Morgan fingerprint density at radius 2 is 1.48 bits per heavy atom. The lowest BCUT2D eigenvalue weighted by Gasteiger charge is -2.14. The standard InChI is InChI=1S/C26H27NO4/c1-18(2)21-9-11-22(12-10-21)26(29)31-19(3)25(28)27-23-13-15-24(16-14-23)30-17-20-7-5-4-6-8-20/h4-16,18-19H,17H2,1-3H3,(H,27,28)/t19-/m1/s1. The van der Waals surface area contributed by atoms with Crippen LogP contribution in [0.5, 0.6) is 5.75 Å². The van der Waals surface area contributed by atoms with Crippen LogP contribution in [-0.2, 0) is 16.1 Å². The van der Waals surface area contributed by atoms with Gasteiger partial charge in [-0.2, -0.15) is 0 Å². The molecule has 1 N–H and O–H groups in total. The summed E-state index contributed by atoms with van der Waals surface area (Å²) in [5, 5.41) is 2.75. The van der Waals surface area contributed by atoms with Crippen molar-refractivity contribution in [2.75, 3.05) is 5.32 Å². The maximum atomic E-state index is 12.4. The number of carbonyl (C=O) groups is 2. The fourth-order valence-electron chi connectivity index (χ4n) is 2.91. The molecule has 160 valence electrons. The van der Waals surface area contributed by atoms with E-state index in [-0.39, 0.29) is 0 Å². The van der Waals surface area contributed by atoms with Gasteiger partial charge in [-0.15, -0.1) is 0 Å². The van der Waals surface area contributed by atoms with Gasteiger partial charge in [0.15, 0.2) is 6.10 Å². The van der Waals surface area contributed by atoms with Crippen molar-refractivity contribution < 1.29 is 19.1 Å². The van der Waals surface area contributed by atoms with Gasteiger partial charge in [0.25, 0.3) is 5.91 Å². The number of esters is 1. The lowest BCUT2D eigenvalue weighted by atomic mass is 10.0. The van der Waals surface area contributed by atoms with Crippen LogP contribution in [0.15, 0.2) is 78.9 Å². The SMILES string of the molecule is CC(C)c1ccc(C(=O)O[C@H](C)C(=O)Nc2ccc(OCc3ccccc3)cc2)cc1. The zero-order chi connectivity index (χ0) is 22.2. The van der Waals surface area contributed by atoms with Crippen LogP contribution in [0.4, 0.5) is 5.69 Å². The van der Waals surface area contributed by atoms with Crippen molar-refractivity contribution in [2.45, 2.75) is 39.4 Å². The smallest absolute Gasteiger partial charge is 0.338 e. The van der Waals surface area contributed by atoms with Crippen LogP contribution in [0.2, 0.25) is 0 Å². The average Bonchev–Trinajstić information content (AvgIpc) is 2.79. The number of hydrogen-bond acceptors (Lipinski definition) is 4. The van der Waals surface area contributed by atoms with Gasteiger partial charge in [0.2, 0.25) is 0 Å². The molecule has 0 bridgehead atoms. The minimum atomic E-state index is -0.925. The number of anilines is 1. The molecule has 0 saturated heterocycles. The Morgan fingerprint density at radius 1 is 0.839 bits per heavy atom. The molecule has 0 fully saturated rings. The molecule has 3 rings (SSSR count). The predicted octanol–water partition coefficient (Wildman–Crippen LogP) is 5.57. The highest BCUT2D eigenvalue weighted by atomic mass is 16.5. The maximum Gasteiger partial charge on any atom is 0.338 e. The van der Waals surface area contributed by atoms with Gasteiger partial charge in [-0.3, -0.25) is 4.79 Å². The van der Waals surface area contributed by atoms with Gasteiger partial charge in [0.05, 0.1) is 5.56 Å². The summed E-state index contributed by atoms with van der Waals surface area (Å²) in [5.74, 6) is 0.156. The molecule has 5 nitrogen and oxygen atoms in total. The van der Waals surface area contributed by atoms with E-state index in [1.165, 1.54) is 0 Å². The van der Waals surface area contributed by atoms with Gasteiger partial charge >= 0.3 is 5.97 Å². The number of rotatable bonds is 8. The van der Waals surface area contributed by atoms with E-state index in [1.807, 2.05) is 42.5 Å². The van der Waals surface area contributed by atoms with Crippen molar-refractivity contribution in [3.8, 4) is 5.75 Å². The zero-order valence-corrected chi connectivity index (χ0v) is 18.0. The Balaban J connectivity index is 1.50. The lowest BCUT2D eigenvalue weighted by molar-refractivity contribution is -0.123. The normalized spacial score (nSPS) is 11.6. The number of benzene rings is 3. The van der Waals surface area contributed by atoms with Crippen LogP contribution < -0.4 is 10.1 Å². The molecule has 0 aromatic heterocycles. The third-order valence-corrected chi connectivity index (χ3v) is 4.84. The fourth-order valence-corrected chi connectivity index (χ4v) is 2.91. The first-order valence-corrected chi connectivity index (χ1v) is 10.3. The highest BCUT2D eigenvalue weighted by Gasteiger charge is 2.19. The summed E-state index contributed by atoms with van der Waals surface area (Å²) >= 11 is 0.